The fourth-order valence-electron chi connectivity index (χ4n) is 2.91. The smallest absolute Gasteiger partial charge is 0.227 e. The zero-order chi connectivity index (χ0) is 21.1. The van der Waals surface area contributed by atoms with Gasteiger partial charge in [0.15, 0.2) is 11.0 Å². The van der Waals surface area contributed by atoms with Crippen LogP contribution in [0.3, 0.4) is 0 Å². The average molecular weight is 425 g/mol. The van der Waals surface area contributed by atoms with Crippen molar-refractivity contribution < 1.29 is 13.7 Å². The van der Waals surface area contributed by atoms with Gasteiger partial charge in [-0.3, -0.25) is 4.79 Å². The number of fused-ring (bicyclic) bond motifs is 1. The number of thioether (sulfide) groups is 1. The highest BCUT2D eigenvalue weighted by Crippen LogP contribution is 2.23. The molecule has 0 saturated carbocycles. The van der Waals surface area contributed by atoms with E-state index in [2.05, 4.69) is 31.5 Å². The monoisotopic (exact) mass is 425 g/mol. The summed E-state index contributed by atoms with van der Waals surface area (Å²) in [7, 11) is 0. The number of nitrogens with one attached hydrogen (secondary N) is 2. The maximum Gasteiger partial charge on any atom is 0.227 e. The van der Waals surface area contributed by atoms with Crippen LogP contribution in [0, 0.1) is 19.7 Å². The second kappa shape index (κ2) is 8.66. The number of amides is 1. The van der Waals surface area contributed by atoms with Crippen molar-refractivity contribution in [2.75, 3.05) is 5.32 Å². The standard InChI is InChI=1S/C21H20FN5O2S/c1-12-3-6-15-17(9-12)25-21(24-15)30-11-18-26-20(29-27-18)8-7-19(28)23-16-10-14(22)5-4-13(16)2/h3-6,9-10H,7-8,11H2,1-2H3,(H,23,28)(H,24,25). The lowest BCUT2D eigenvalue weighted by Crippen LogP contribution is -2.13. The highest BCUT2D eigenvalue weighted by Gasteiger charge is 2.12. The van der Waals surface area contributed by atoms with Crippen molar-refractivity contribution in [3.8, 4) is 0 Å². The predicted octanol–water partition coefficient (Wildman–Crippen LogP) is 4.57. The first-order valence-corrected chi connectivity index (χ1v) is 10.4. The van der Waals surface area contributed by atoms with Crippen LogP contribution in [-0.2, 0) is 17.0 Å². The molecule has 9 heteroatoms. The SMILES string of the molecule is Cc1ccc2nc(SCc3noc(CCC(=O)Nc4cc(F)ccc4C)n3)[nH]c2c1. The van der Waals surface area contributed by atoms with Gasteiger partial charge in [-0.25, -0.2) is 9.37 Å². The van der Waals surface area contributed by atoms with E-state index in [9.17, 15) is 9.18 Å². The highest BCUT2D eigenvalue weighted by atomic mass is 32.2. The lowest BCUT2D eigenvalue weighted by molar-refractivity contribution is -0.116. The van der Waals surface area contributed by atoms with Gasteiger partial charge in [0.25, 0.3) is 0 Å². The van der Waals surface area contributed by atoms with Crippen LogP contribution in [0.5, 0.6) is 0 Å². The van der Waals surface area contributed by atoms with Gasteiger partial charge < -0.3 is 14.8 Å². The summed E-state index contributed by atoms with van der Waals surface area (Å²) in [6.07, 6.45) is 0.468. The van der Waals surface area contributed by atoms with Crippen LogP contribution >= 0.6 is 11.8 Å². The van der Waals surface area contributed by atoms with Gasteiger partial charge in [0, 0.05) is 18.5 Å². The van der Waals surface area contributed by atoms with Crippen LogP contribution in [0.15, 0.2) is 46.1 Å². The van der Waals surface area contributed by atoms with E-state index in [1.807, 2.05) is 19.1 Å². The molecule has 2 aromatic heterocycles. The third-order valence-corrected chi connectivity index (χ3v) is 5.37. The van der Waals surface area contributed by atoms with Gasteiger partial charge in [-0.05, 0) is 49.2 Å². The number of imidazole rings is 1. The first-order valence-electron chi connectivity index (χ1n) is 9.43. The molecule has 0 aliphatic heterocycles. The molecule has 0 radical (unpaired) electrons. The van der Waals surface area contributed by atoms with Crippen LogP contribution in [0.1, 0.15) is 29.3 Å². The molecule has 0 saturated heterocycles. The van der Waals surface area contributed by atoms with E-state index in [1.165, 1.54) is 29.5 Å². The minimum Gasteiger partial charge on any atom is -0.339 e. The fourth-order valence-corrected chi connectivity index (χ4v) is 3.64. The van der Waals surface area contributed by atoms with Crippen molar-refractivity contribution in [3.05, 3.63) is 65.1 Å². The predicted molar refractivity (Wildman–Crippen MR) is 113 cm³/mol. The lowest BCUT2D eigenvalue weighted by atomic mass is 10.2. The first-order chi connectivity index (χ1) is 14.5. The molecule has 2 N–H and O–H groups in total. The van der Waals surface area contributed by atoms with Crippen LogP contribution in [0.25, 0.3) is 11.0 Å². The van der Waals surface area contributed by atoms with Crippen molar-refractivity contribution in [2.24, 2.45) is 0 Å². The van der Waals surface area contributed by atoms with E-state index in [0.717, 1.165) is 21.8 Å². The third-order valence-electron chi connectivity index (χ3n) is 4.50. The Morgan fingerprint density at radius 2 is 2.07 bits per heavy atom. The molecule has 2 aromatic carbocycles. The summed E-state index contributed by atoms with van der Waals surface area (Å²) in [4.78, 5) is 24.3. The summed E-state index contributed by atoms with van der Waals surface area (Å²) in [5.41, 5.74) is 4.33. The van der Waals surface area contributed by atoms with E-state index in [1.54, 1.807) is 13.0 Å². The maximum atomic E-state index is 13.3. The Labute approximate surface area is 176 Å². The zero-order valence-electron chi connectivity index (χ0n) is 16.5. The van der Waals surface area contributed by atoms with Crippen LogP contribution in [0.2, 0.25) is 0 Å². The molecule has 0 spiro atoms. The molecule has 0 aliphatic rings. The van der Waals surface area contributed by atoms with Gasteiger partial charge in [-0.15, -0.1) is 0 Å². The second-order valence-corrected chi connectivity index (χ2v) is 7.93. The summed E-state index contributed by atoms with van der Waals surface area (Å²) < 4.78 is 18.6. The number of aromatic amines is 1. The maximum absolute atomic E-state index is 13.3. The third kappa shape index (κ3) is 4.85. The van der Waals surface area contributed by atoms with Gasteiger partial charge >= 0.3 is 0 Å². The zero-order valence-corrected chi connectivity index (χ0v) is 17.3. The number of aryl methyl sites for hydroxylation is 3. The number of benzene rings is 2. The number of hydrogen-bond acceptors (Lipinski definition) is 6. The molecule has 154 valence electrons. The van der Waals surface area contributed by atoms with Crippen molar-refractivity contribution >= 4 is 34.4 Å². The molecule has 0 unspecified atom stereocenters. The molecule has 0 bridgehead atoms. The van der Waals surface area contributed by atoms with Gasteiger partial charge in [-0.1, -0.05) is 29.1 Å². The summed E-state index contributed by atoms with van der Waals surface area (Å²) >= 11 is 1.48. The number of nitrogens with zero attached hydrogens (tertiary/aromatic N) is 3. The van der Waals surface area contributed by atoms with Crippen molar-refractivity contribution in [2.45, 2.75) is 37.6 Å². The molecule has 2 heterocycles. The Balaban J connectivity index is 1.29. The van der Waals surface area contributed by atoms with Crippen molar-refractivity contribution in [3.63, 3.8) is 0 Å². The number of halogens is 1. The van der Waals surface area contributed by atoms with Crippen LogP contribution < -0.4 is 5.32 Å². The van der Waals surface area contributed by atoms with Gasteiger partial charge in [0.05, 0.1) is 16.8 Å². The molecule has 4 aromatic rings. The summed E-state index contributed by atoms with van der Waals surface area (Å²) in [5.74, 6) is 0.784. The Hall–Kier alpha value is -3.20. The quantitative estimate of drug-likeness (QED) is 0.421. The largest absolute Gasteiger partial charge is 0.339 e. The highest BCUT2D eigenvalue weighted by molar-refractivity contribution is 7.98. The fraction of sp³-hybridized carbons (Fsp3) is 0.238. The number of anilines is 1. The van der Waals surface area contributed by atoms with Gasteiger partial charge in [-0.2, -0.15) is 4.98 Å². The van der Waals surface area contributed by atoms with E-state index in [0.29, 0.717) is 29.6 Å². The Kier molecular flexibility index (Phi) is 5.80. The molecule has 7 nitrogen and oxygen atoms in total. The molecule has 0 fully saturated rings. The van der Waals surface area contributed by atoms with Crippen molar-refractivity contribution in [1.29, 1.82) is 0 Å². The Morgan fingerprint density at radius 1 is 1.20 bits per heavy atom. The van der Waals surface area contributed by atoms with E-state index in [-0.39, 0.29) is 12.3 Å². The minimum absolute atomic E-state index is 0.160. The summed E-state index contributed by atoms with van der Waals surface area (Å²) in [6.45, 7) is 3.84. The lowest BCUT2D eigenvalue weighted by Gasteiger charge is -2.07. The summed E-state index contributed by atoms with van der Waals surface area (Å²) in [5, 5.41) is 7.45. The second-order valence-electron chi connectivity index (χ2n) is 6.96. The van der Waals surface area contributed by atoms with Gasteiger partial charge in [0.1, 0.15) is 5.82 Å². The number of H-pyrrole nitrogens is 1. The van der Waals surface area contributed by atoms with Crippen LogP contribution in [0.4, 0.5) is 10.1 Å². The topological polar surface area (TPSA) is 96.7 Å². The minimum atomic E-state index is -0.394. The van der Waals surface area contributed by atoms with Crippen LogP contribution in [-0.4, -0.2) is 26.0 Å². The molecule has 0 atom stereocenters. The molecule has 4 rings (SSSR count). The molecule has 1 amide bonds. The number of carbonyl (C=O) groups excluding carboxylic acids is 1. The normalized spacial score (nSPS) is 11.2. The number of hydrogen-bond donors (Lipinski definition) is 2. The number of carbonyl (C=O) groups is 1. The van der Waals surface area contributed by atoms with E-state index in [4.69, 9.17) is 4.52 Å². The molecular weight excluding hydrogens is 405 g/mol. The molecule has 30 heavy (non-hydrogen) atoms. The van der Waals surface area contributed by atoms with E-state index < -0.39 is 5.82 Å². The number of aromatic nitrogens is 4. The summed E-state index contributed by atoms with van der Waals surface area (Å²) in [6, 6.07) is 10.3. The van der Waals surface area contributed by atoms with E-state index >= 15 is 0 Å². The van der Waals surface area contributed by atoms with Gasteiger partial charge in [0.2, 0.25) is 11.8 Å². The number of rotatable bonds is 7. The first kappa shape index (κ1) is 20.1. The Morgan fingerprint density at radius 3 is 2.93 bits per heavy atom. The molecular formula is C21H20FN5O2S. The average Bonchev–Trinajstić information content (AvgIpc) is 3.33. The van der Waals surface area contributed by atoms with Crippen molar-refractivity contribution in [1.82, 2.24) is 20.1 Å². The Bertz CT molecular complexity index is 1200. The molecule has 0 aliphatic carbocycles.